The molecule has 2 amide bonds. The number of urea groups is 1. The minimum Gasteiger partial charge on any atom is -0.317 e. The largest absolute Gasteiger partial charge is 0.322 e. The Morgan fingerprint density at radius 3 is 2.80 bits per heavy atom. The van der Waals surface area contributed by atoms with E-state index >= 15 is 0 Å². The smallest absolute Gasteiger partial charge is 0.317 e. The Hall–Kier alpha value is -2.07. The van der Waals surface area contributed by atoms with Crippen molar-refractivity contribution < 1.29 is 9.18 Å². The highest BCUT2D eigenvalue weighted by Gasteiger charge is 2.27. The van der Waals surface area contributed by atoms with Crippen molar-refractivity contribution in [3.63, 3.8) is 0 Å². The Bertz CT molecular complexity index is 765. The van der Waals surface area contributed by atoms with E-state index in [-0.39, 0.29) is 17.1 Å². The molecule has 1 atom stereocenters. The molecule has 0 unspecified atom stereocenters. The fraction of sp³-hybridized carbons (Fsp3) is 0.350. The van der Waals surface area contributed by atoms with Crippen molar-refractivity contribution in [1.82, 2.24) is 4.90 Å². The molecule has 1 aliphatic heterocycles. The van der Waals surface area contributed by atoms with Crippen LogP contribution < -0.4 is 5.32 Å². The van der Waals surface area contributed by atoms with Crippen LogP contribution in [0.2, 0.25) is 5.02 Å². The molecule has 1 fully saturated rings. The van der Waals surface area contributed by atoms with Crippen molar-refractivity contribution in [2.75, 3.05) is 11.9 Å². The van der Waals surface area contributed by atoms with Crippen molar-refractivity contribution in [2.24, 2.45) is 0 Å². The summed E-state index contributed by atoms with van der Waals surface area (Å²) in [4.78, 5) is 14.8. The number of nitrogens with one attached hydrogen (secondary N) is 1. The van der Waals surface area contributed by atoms with Crippen LogP contribution in [-0.4, -0.2) is 17.5 Å². The van der Waals surface area contributed by atoms with Crippen molar-refractivity contribution >= 4 is 23.3 Å². The van der Waals surface area contributed by atoms with E-state index in [9.17, 15) is 9.18 Å². The third-order valence-corrected chi connectivity index (χ3v) is 4.90. The number of carbonyl (C=O) groups excluding carboxylic acids is 1. The summed E-state index contributed by atoms with van der Waals surface area (Å²) in [7, 11) is 0. The Kier molecular flexibility index (Phi) is 5.59. The zero-order valence-corrected chi connectivity index (χ0v) is 15.0. The number of carbonyl (C=O) groups is 1. The Morgan fingerprint density at radius 2 is 2.04 bits per heavy atom. The number of hydrogen-bond donors (Lipinski definition) is 1. The fourth-order valence-corrected chi connectivity index (χ4v) is 3.53. The van der Waals surface area contributed by atoms with E-state index in [2.05, 4.69) is 30.4 Å². The first-order chi connectivity index (χ1) is 12.0. The van der Waals surface area contributed by atoms with Crippen molar-refractivity contribution in [3.8, 4) is 0 Å². The third kappa shape index (κ3) is 4.31. The van der Waals surface area contributed by atoms with Crippen LogP contribution in [0.15, 0.2) is 42.5 Å². The highest BCUT2D eigenvalue weighted by Crippen LogP contribution is 2.31. The number of anilines is 1. The normalized spacial score (nSPS) is 17.9. The van der Waals surface area contributed by atoms with Gasteiger partial charge in [0.05, 0.1) is 11.1 Å². The second-order valence-electron chi connectivity index (χ2n) is 6.53. The van der Waals surface area contributed by atoms with Crippen molar-refractivity contribution in [3.05, 3.63) is 64.4 Å². The maximum atomic E-state index is 13.3. The van der Waals surface area contributed by atoms with E-state index in [4.69, 9.17) is 11.6 Å². The fourth-order valence-electron chi connectivity index (χ4n) is 3.34. The molecule has 25 heavy (non-hydrogen) atoms. The predicted octanol–water partition coefficient (Wildman–Crippen LogP) is 5.94. The van der Waals surface area contributed by atoms with Crippen molar-refractivity contribution in [1.29, 1.82) is 0 Å². The zero-order valence-electron chi connectivity index (χ0n) is 14.3. The standard InChI is InChI=1S/C20H22ClFN2O/c1-14-6-5-7-15(12-14)19-8-3-2-4-11-24(19)20(25)23-16-9-10-18(22)17(21)13-16/h5-7,9-10,12-13,19H,2-4,8,11H2,1H3,(H,23,25)/t19-/m1/s1. The van der Waals surface area contributed by atoms with Crippen LogP contribution in [0.5, 0.6) is 0 Å². The number of nitrogens with zero attached hydrogens (tertiary/aromatic N) is 1. The van der Waals surface area contributed by atoms with Gasteiger partial charge in [-0.25, -0.2) is 9.18 Å². The van der Waals surface area contributed by atoms with Gasteiger partial charge in [-0.3, -0.25) is 0 Å². The molecule has 0 aromatic heterocycles. The van der Waals surface area contributed by atoms with Gasteiger partial charge in [-0.2, -0.15) is 0 Å². The lowest BCUT2D eigenvalue weighted by atomic mass is 9.99. The molecule has 5 heteroatoms. The van der Waals surface area contributed by atoms with Crippen molar-refractivity contribution in [2.45, 2.75) is 38.6 Å². The lowest BCUT2D eigenvalue weighted by Crippen LogP contribution is -2.38. The van der Waals surface area contributed by atoms with Gasteiger partial charge in [0.25, 0.3) is 0 Å². The summed E-state index contributed by atoms with van der Waals surface area (Å²) >= 11 is 5.81. The summed E-state index contributed by atoms with van der Waals surface area (Å²) < 4.78 is 13.3. The van der Waals surface area contributed by atoms with Gasteiger partial charge in [-0.05, 0) is 43.5 Å². The maximum Gasteiger partial charge on any atom is 0.322 e. The monoisotopic (exact) mass is 360 g/mol. The molecule has 1 aliphatic rings. The van der Waals surface area contributed by atoms with Gasteiger partial charge in [-0.15, -0.1) is 0 Å². The van der Waals surface area contributed by atoms with E-state index < -0.39 is 5.82 Å². The van der Waals surface area contributed by atoms with Gasteiger partial charge in [0, 0.05) is 12.2 Å². The van der Waals surface area contributed by atoms with Gasteiger partial charge in [0.1, 0.15) is 5.82 Å². The first kappa shape index (κ1) is 17.7. The van der Waals surface area contributed by atoms with E-state index in [1.54, 1.807) is 0 Å². The number of benzene rings is 2. The van der Waals surface area contributed by atoms with Gasteiger partial charge in [0.2, 0.25) is 0 Å². The topological polar surface area (TPSA) is 32.3 Å². The summed E-state index contributed by atoms with van der Waals surface area (Å²) in [5.74, 6) is -0.493. The Balaban J connectivity index is 1.82. The Morgan fingerprint density at radius 1 is 1.20 bits per heavy atom. The van der Waals surface area contributed by atoms with Crippen LogP contribution in [0.25, 0.3) is 0 Å². The number of amides is 2. The summed E-state index contributed by atoms with van der Waals surface area (Å²) in [5.41, 5.74) is 2.85. The zero-order chi connectivity index (χ0) is 17.8. The SMILES string of the molecule is Cc1cccc([C@H]2CCCCCN2C(=O)Nc2ccc(F)c(Cl)c2)c1. The van der Waals surface area contributed by atoms with Crippen LogP contribution in [0.1, 0.15) is 42.9 Å². The molecule has 0 saturated carbocycles. The molecule has 0 aliphatic carbocycles. The van der Waals surface area contributed by atoms with Gasteiger partial charge < -0.3 is 10.2 Å². The minimum absolute atomic E-state index is 0.00361. The second-order valence-corrected chi connectivity index (χ2v) is 6.94. The highest BCUT2D eigenvalue weighted by atomic mass is 35.5. The molecular weight excluding hydrogens is 339 g/mol. The molecule has 132 valence electrons. The minimum atomic E-state index is -0.493. The summed E-state index contributed by atoms with van der Waals surface area (Å²) in [6, 6.07) is 12.4. The second kappa shape index (κ2) is 7.87. The molecule has 0 spiro atoms. The molecule has 1 N–H and O–H groups in total. The first-order valence-corrected chi connectivity index (χ1v) is 9.01. The summed E-state index contributed by atoms with van der Waals surface area (Å²) in [6.07, 6.45) is 4.15. The van der Waals surface area contributed by atoms with E-state index in [1.807, 2.05) is 11.0 Å². The maximum absolute atomic E-state index is 13.3. The summed E-state index contributed by atoms with van der Waals surface area (Å²) in [6.45, 7) is 2.77. The first-order valence-electron chi connectivity index (χ1n) is 8.64. The van der Waals surface area contributed by atoms with Crippen LogP contribution in [0.4, 0.5) is 14.9 Å². The number of likely N-dealkylation sites (tertiary alicyclic amines) is 1. The molecule has 0 bridgehead atoms. The number of aryl methyl sites for hydroxylation is 1. The van der Waals surface area contributed by atoms with E-state index in [0.717, 1.165) is 31.2 Å². The predicted molar refractivity (Wildman–Crippen MR) is 99.5 cm³/mol. The highest BCUT2D eigenvalue weighted by molar-refractivity contribution is 6.31. The molecule has 1 heterocycles. The molecule has 3 rings (SSSR count). The molecule has 3 nitrogen and oxygen atoms in total. The quantitative estimate of drug-likeness (QED) is 0.706. The van der Waals surface area contributed by atoms with E-state index in [1.165, 1.54) is 23.8 Å². The molecule has 0 radical (unpaired) electrons. The lowest BCUT2D eigenvalue weighted by molar-refractivity contribution is 0.189. The lowest BCUT2D eigenvalue weighted by Gasteiger charge is -2.31. The van der Waals surface area contributed by atoms with Crippen LogP contribution in [-0.2, 0) is 0 Å². The molecular formula is C20H22ClFN2O. The molecule has 1 saturated heterocycles. The summed E-state index contributed by atoms with van der Waals surface area (Å²) in [5, 5.41) is 2.86. The van der Waals surface area contributed by atoms with Crippen LogP contribution >= 0.6 is 11.6 Å². The number of rotatable bonds is 2. The average Bonchev–Trinajstić information content (AvgIpc) is 2.84. The number of hydrogen-bond acceptors (Lipinski definition) is 1. The van der Waals surface area contributed by atoms with Gasteiger partial charge >= 0.3 is 6.03 Å². The number of halogens is 2. The van der Waals surface area contributed by atoms with Crippen LogP contribution in [0.3, 0.4) is 0 Å². The van der Waals surface area contributed by atoms with E-state index in [0.29, 0.717) is 12.2 Å². The van der Waals surface area contributed by atoms with Gasteiger partial charge in [-0.1, -0.05) is 54.3 Å². The Labute approximate surface area is 152 Å². The molecule has 2 aromatic carbocycles. The van der Waals surface area contributed by atoms with Crippen LogP contribution in [0, 0.1) is 12.7 Å². The third-order valence-electron chi connectivity index (χ3n) is 4.61. The molecule has 2 aromatic rings. The average molecular weight is 361 g/mol. The van der Waals surface area contributed by atoms with Gasteiger partial charge in [0.15, 0.2) is 0 Å².